The summed E-state index contributed by atoms with van der Waals surface area (Å²) in [5.74, 6) is 2.24. The maximum atomic E-state index is 9.43. The molecule has 0 radical (unpaired) electrons. The molecular weight excluding hydrogens is 222 g/mol. The molecule has 0 aliphatic heterocycles. The Morgan fingerprint density at radius 2 is 1.17 bits per heavy atom. The second-order valence-electron chi connectivity index (χ2n) is 6.31. The Morgan fingerprint density at radius 3 is 1.44 bits per heavy atom. The van der Waals surface area contributed by atoms with Crippen LogP contribution < -0.4 is 0 Å². The molecule has 2 saturated carbocycles. The molecule has 0 saturated heterocycles. The van der Waals surface area contributed by atoms with Gasteiger partial charge in [-0.05, 0) is 18.3 Å². The lowest BCUT2D eigenvalue weighted by molar-refractivity contribution is -0.115. The van der Waals surface area contributed by atoms with Crippen molar-refractivity contribution in [1.82, 2.24) is 4.90 Å². The minimum atomic E-state index is 0.750. The van der Waals surface area contributed by atoms with Gasteiger partial charge in [-0.2, -0.15) is 0 Å². The molecular formula is C16H31NO. The fraction of sp³-hybridized carbons (Fsp3) is 0.938. The fourth-order valence-electron chi connectivity index (χ4n) is 3.32. The van der Waals surface area contributed by atoms with E-state index in [1.807, 2.05) is 0 Å². The quantitative estimate of drug-likeness (QED) is 0.689. The highest BCUT2D eigenvalue weighted by Gasteiger charge is 2.20. The summed E-state index contributed by atoms with van der Waals surface area (Å²) in [6.45, 7) is 0. The Hall–Kier alpha value is -0.530. The van der Waals surface area contributed by atoms with Gasteiger partial charge in [-0.25, -0.2) is 0 Å². The van der Waals surface area contributed by atoms with Gasteiger partial charge in [0.1, 0.15) is 0 Å². The van der Waals surface area contributed by atoms with Crippen molar-refractivity contribution in [2.24, 2.45) is 11.8 Å². The van der Waals surface area contributed by atoms with Gasteiger partial charge in [0.15, 0.2) is 0 Å². The molecule has 106 valence electrons. The highest BCUT2D eigenvalue weighted by Crippen LogP contribution is 2.34. The average Bonchev–Trinajstić information content (AvgIpc) is 2.42. The van der Waals surface area contributed by atoms with Crippen LogP contribution >= 0.6 is 0 Å². The van der Waals surface area contributed by atoms with E-state index in [1.54, 1.807) is 46.2 Å². The summed E-state index contributed by atoms with van der Waals surface area (Å²) < 4.78 is 0. The molecule has 0 aromatic rings. The first-order valence-electron chi connectivity index (χ1n) is 7.84. The van der Waals surface area contributed by atoms with Gasteiger partial charge >= 0.3 is 0 Å². The van der Waals surface area contributed by atoms with Crippen LogP contribution in [0.3, 0.4) is 0 Å². The number of carbonyl (C=O) groups excluding carboxylic acids is 1. The third-order valence-electron chi connectivity index (χ3n) is 4.33. The van der Waals surface area contributed by atoms with Crippen molar-refractivity contribution in [3.63, 3.8) is 0 Å². The molecule has 2 aliphatic rings. The average molecular weight is 253 g/mol. The lowest BCUT2D eigenvalue weighted by Crippen LogP contribution is -2.14. The van der Waals surface area contributed by atoms with E-state index in [2.05, 4.69) is 0 Å². The Bertz CT molecular complexity index is 187. The summed E-state index contributed by atoms with van der Waals surface area (Å²) in [4.78, 5) is 10.9. The van der Waals surface area contributed by atoms with Crippen LogP contribution in [0.2, 0.25) is 0 Å². The highest BCUT2D eigenvalue weighted by molar-refractivity contribution is 5.45. The van der Waals surface area contributed by atoms with Gasteiger partial charge in [0, 0.05) is 14.1 Å². The Kier molecular flexibility index (Phi) is 8.11. The lowest BCUT2D eigenvalue weighted by atomic mass is 9.78. The predicted octanol–water partition coefficient (Wildman–Crippen LogP) is 4.24. The Balaban J connectivity index is 0.000000280. The van der Waals surface area contributed by atoms with E-state index >= 15 is 0 Å². The van der Waals surface area contributed by atoms with Crippen LogP contribution in [0.15, 0.2) is 0 Å². The van der Waals surface area contributed by atoms with E-state index in [-0.39, 0.29) is 0 Å². The molecule has 18 heavy (non-hydrogen) atoms. The maximum absolute atomic E-state index is 9.43. The van der Waals surface area contributed by atoms with E-state index in [4.69, 9.17) is 0 Å². The molecule has 2 heteroatoms. The Morgan fingerprint density at radius 1 is 0.833 bits per heavy atom. The van der Waals surface area contributed by atoms with Gasteiger partial charge in [0.25, 0.3) is 0 Å². The molecule has 2 fully saturated rings. The van der Waals surface area contributed by atoms with Crippen LogP contribution in [0.4, 0.5) is 0 Å². The summed E-state index contributed by atoms with van der Waals surface area (Å²) in [6, 6.07) is 0. The van der Waals surface area contributed by atoms with Gasteiger partial charge in [0.05, 0.1) is 0 Å². The minimum Gasteiger partial charge on any atom is -0.351 e. The fourth-order valence-corrected chi connectivity index (χ4v) is 3.32. The minimum absolute atomic E-state index is 0.750. The third-order valence-corrected chi connectivity index (χ3v) is 4.33. The molecule has 0 unspecified atom stereocenters. The molecule has 0 atom stereocenters. The van der Waals surface area contributed by atoms with E-state index < -0.39 is 0 Å². The van der Waals surface area contributed by atoms with Gasteiger partial charge in [-0.3, -0.25) is 4.79 Å². The lowest BCUT2D eigenvalue weighted by Gasteiger charge is -2.28. The topological polar surface area (TPSA) is 20.3 Å². The zero-order valence-electron chi connectivity index (χ0n) is 12.4. The molecule has 2 rings (SSSR count). The zero-order chi connectivity index (χ0) is 13.2. The summed E-state index contributed by atoms with van der Waals surface area (Å²) in [5, 5.41) is 0. The van der Waals surface area contributed by atoms with Crippen LogP contribution in [0.5, 0.6) is 0 Å². The highest BCUT2D eigenvalue weighted by atomic mass is 16.1. The summed E-state index contributed by atoms with van der Waals surface area (Å²) in [7, 11) is 3.38. The van der Waals surface area contributed by atoms with Crippen LogP contribution in [-0.4, -0.2) is 25.4 Å². The molecule has 0 bridgehead atoms. The summed E-state index contributed by atoms with van der Waals surface area (Å²) in [5.41, 5.74) is 0. The van der Waals surface area contributed by atoms with Crippen molar-refractivity contribution >= 4 is 6.41 Å². The van der Waals surface area contributed by atoms with Gasteiger partial charge in [-0.1, -0.05) is 64.2 Å². The van der Waals surface area contributed by atoms with Crippen LogP contribution in [0, 0.1) is 11.8 Å². The zero-order valence-corrected chi connectivity index (χ0v) is 12.4. The number of nitrogens with zero attached hydrogens (tertiary/aromatic N) is 1. The van der Waals surface area contributed by atoms with Gasteiger partial charge in [0.2, 0.25) is 6.41 Å². The standard InChI is InChI=1S/C13H24.C3H7NO/c1-3-7-12(8-4-1)11-13-9-5-2-6-10-13;1-4(2)3-5/h12-13H,1-11H2;3H,1-2H3. The SMILES string of the molecule is C1CCC(CC2CCCCC2)CC1.CN(C)C=O. The summed E-state index contributed by atoms with van der Waals surface area (Å²) >= 11 is 0. The molecule has 2 aliphatic carbocycles. The van der Waals surface area contributed by atoms with Crippen LogP contribution in [-0.2, 0) is 4.79 Å². The molecule has 2 nitrogen and oxygen atoms in total. The van der Waals surface area contributed by atoms with E-state index in [9.17, 15) is 4.79 Å². The van der Waals surface area contributed by atoms with E-state index in [0.29, 0.717) is 0 Å². The molecule has 1 amide bonds. The number of hydrogen-bond donors (Lipinski definition) is 0. The van der Waals surface area contributed by atoms with Gasteiger partial charge < -0.3 is 4.90 Å². The maximum Gasteiger partial charge on any atom is 0.209 e. The number of amides is 1. The second-order valence-corrected chi connectivity index (χ2v) is 6.31. The largest absolute Gasteiger partial charge is 0.351 e. The first-order valence-corrected chi connectivity index (χ1v) is 7.84. The summed E-state index contributed by atoms with van der Waals surface area (Å²) in [6.07, 6.45) is 17.7. The molecule has 0 aromatic carbocycles. The first kappa shape index (κ1) is 15.5. The molecule has 0 aromatic heterocycles. The predicted molar refractivity (Wildman–Crippen MR) is 77.5 cm³/mol. The Labute approximate surface area is 113 Å². The molecule has 0 N–H and O–H groups in total. The number of hydrogen-bond acceptors (Lipinski definition) is 1. The first-order chi connectivity index (χ1) is 8.72. The smallest absolute Gasteiger partial charge is 0.209 e. The van der Waals surface area contributed by atoms with Crippen molar-refractivity contribution in [1.29, 1.82) is 0 Å². The molecule has 0 spiro atoms. The van der Waals surface area contributed by atoms with Crippen LogP contribution in [0.25, 0.3) is 0 Å². The monoisotopic (exact) mass is 253 g/mol. The van der Waals surface area contributed by atoms with Crippen molar-refractivity contribution in [3.8, 4) is 0 Å². The molecule has 0 heterocycles. The normalized spacial score (nSPS) is 21.9. The number of carbonyl (C=O) groups is 1. The second kappa shape index (κ2) is 9.41. The third kappa shape index (κ3) is 7.03. The van der Waals surface area contributed by atoms with E-state index in [0.717, 1.165) is 18.2 Å². The van der Waals surface area contributed by atoms with Crippen molar-refractivity contribution in [3.05, 3.63) is 0 Å². The van der Waals surface area contributed by atoms with Gasteiger partial charge in [-0.15, -0.1) is 0 Å². The number of rotatable bonds is 3. The van der Waals surface area contributed by atoms with Crippen LogP contribution in [0.1, 0.15) is 70.6 Å². The van der Waals surface area contributed by atoms with Crippen molar-refractivity contribution < 1.29 is 4.79 Å². The van der Waals surface area contributed by atoms with Crippen molar-refractivity contribution in [2.75, 3.05) is 14.1 Å². The van der Waals surface area contributed by atoms with E-state index in [1.165, 1.54) is 43.4 Å². The van der Waals surface area contributed by atoms with Crippen molar-refractivity contribution in [2.45, 2.75) is 70.6 Å².